The fraction of sp³-hybridized carbons (Fsp3) is 0.200. The van der Waals surface area contributed by atoms with Gasteiger partial charge in [-0.2, -0.15) is 0 Å². The molecule has 102 valence electrons. The second-order valence-electron chi connectivity index (χ2n) is 4.50. The molecule has 0 unspecified atom stereocenters. The van der Waals surface area contributed by atoms with Gasteiger partial charge >= 0.3 is 0 Å². The highest BCUT2D eigenvalue weighted by atomic mass is 16.7. The van der Waals surface area contributed by atoms with Gasteiger partial charge < -0.3 is 14.8 Å². The molecule has 2 heterocycles. The molecule has 3 rings (SSSR count). The molecule has 1 aliphatic rings. The molecule has 1 amide bonds. The van der Waals surface area contributed by atoms with Gasteiger partial charge in [0.25, 0.3) is 0 Å². The number of hydrogen-bond donors (Lipinski definition) is 1. The molecule has 0 spiro atoms. The number of rotatable bonds is 4. The predicted molar refractivity (Wildman–Crippen MR) is 72.4 cm³/mol. The predicted octanol–water partition coefficient (Wildman–Crippen LogP) is 1.67. The normalized spacial score (nSPS) is 12.2. The van der Waals surface area contributed by atoms with Crippen molar-refractivity contribution >= 4 is 5.91 Å². The molecular formula is C15H14N2O3. The van der Waals surface area contributed by atoms with E-state index in [1.165, 1.54) is 0 Å². The minimum absolute atomic E-state index is 0.0345. The van der Waals surface area contributed by atoms with Crippen molar-refractivity contribution in [1.82, 2.24) is 10.3 Å². The summed E-state index contributed by atoms with van der Waals surface area (Å²) in [6, 6.07) is 9.31. The fourth-order valence-electron chi connectivity index (χ4n) is 2.00. The number of hydrogen-bond acceptors (Lipinski definition) is 4. The van der Waals surface area contributed by atoms with Gasteiger partial charge in [0.15, 0.2) is 11.5 Å². The van der Waals surface area contributed by atoms with Gasteiger partial charge in [-0.15, -0.1) is 0 Å². The lowest BCUT2D eigenvalue weighted by Crippen LogP contribution is -2.24. The third kappa shape index (κ3) is 2.88. The Balaban J connectivity index is 1.56. The van der Waals surface area contributed by atoms with E-state index in [0.717, 1.165) is 16.9 Å². The van der Waals surface area contributed by atoms with Crippen LogP contribution in [0.4, 0.5) is 0 Å². The molecule has 0 bridgehead atoms. The van der Waals surface area contributed by atoms with Crippen LogP contribution in [0.3, 0.4) is 0 Å². The van der Waals surface area contributed by atoms with E-state index in [4.69, 9.17) is 9.47 Å². The molecular weight excluding hydrogens is 256 g/mol. The highest BCUT2D eigenvalue weighted by molar-refractivity contribution is 5.78. The van der Waals surface area contributed by atoms with E-state index in [9.17, 15) is 4.79 Å². The number of amides is 1. The molecule has 5 heteroatoms. The maximum absolute atomic E-state index is 11.9. The summed E-state index contributed by atoms with van der Waals surface area (Å²) < 4.78 is 10.5. The zero-order chi connectivity index (χ0) is 13.8. The molecule has 1 N–H and O–H groups in total. The molecule has 1 aliphatic heterocycles. The summed E-state index contributed by atoms with van der Waals surface area (Å²) in [6.07, 6.45) is 3.76. The van der Waals surface area contributed by atoms with E-state index in [0.29, 0.717) is 18.7 Å². The van der Waals surface area contributed by atoms with Crippen LogP contribution in [0.15, 0.2) is 42.7 Å². The second kappa shape index (κ2) is 5.61. The number of benzene rings is 1. The van der Waals surface area contributed by atoms with Gasteiger partial charge in [-0.3, -0.25) is 9.78 Å². The lowest BCUT2D eigenvalue weighted by Gasteiger charge is -2.06. The Morgan fingerprint density at radius 3 is 2.95 bits per heavy atom. The summed E-state index contributed by atoms with van der Waals surface area (Å²) in [5, 5.41) is 2.86. The molecule has 0 saturated heterocycles. The molecule has 1 aromatic carbocycles. The summed E-state index contributed by atoms with van der Waals surface area (Å²) in [7, 11) is 0. The molecule has 1 aromatic heterocycles. The van der Waals surface area contributed by atoms with Crippen molar-refractivity contribution < 1.29 is 14.3 Å². The first-order valence-corrected chi connectivity index (χ1v) is 6.35. The van der Waals surface area contributed by atoms with Crippen molar-refractivity contribution in [2.45, 2.75) is 13.0 Å². The summed E-state index contributed by atoms with van der Waals surface area (Å²) in [5.74, 6) is 1.39. The van der Waals surface area contributed by atoms with Crippen molar-refractivity contribution in [1.29, 1.82) is 0 Å². The fourth-order valence-corrected chi connectivity index (χ4v) is 2.00. The van der Waals surface area contributed by atoms with E-state index in [-0.39, 0.29) is 12.7 Å². The van der Waals surface area contributed by atoms with Crippen LogP contribution in [0.2, 0.25) is 0 Å². The lowest BCUT2D eigenvalue weighted by atomic mass is 10.1. The van der Waals surface area contributed by atoms with Gasteiger partial charge in [0.2, 0.25) is 12.7 Å². The Morgan fingerprint density at radius 2 is 2.10 bits per heavy atom. The van der Waals surface area contributed by atoms with Crippen LogP contribution in [0.25, 0.3) is 0 Å². The molecule has 20 heavy (non-hydrogen) atoms. The third-order valence-electron chi connectivity index (χ3n) is 3.01. The maximum atomic E-state index is 11.9. The Labute approximate surface area is 116 Å². The van der Waals surface area contributed by atoms with Crippen LogP contribution in [-0.2, 0) is 17.8 Å². The van der Waals surface area contributed by atoms with Gasteiger partial charge in [-0.05, 0) is 29.3 Å². The highest BCUT2D eigenvalue weighted by Gasteiger charge is 2.14. The summed E-state index contributed by atoms with van der Waals surface area (Å²) in [4.78, 5) is 15.9. The molecule has 0 fully saturated rings. The largest absolute Gasteiger partial charge is 0.454 e. The van der Waals surface area contributed by atoms with Crippen LogP contribution in [0.1, 0.15) is 11.1 Å². The molecule has 0 saturated carbocycles. The van der Waals surface area contributed by atoms with Crippen molar-refractivity contribution in [3.05, 3.63) is 53.9 Å². The molecule has 0 aliphatic carbocycles. The number of nitrogens with zero attached hydrogens (tertiary/aromatic N) is 1. The standard InChI is InChI=1S/C15H14N2O3/c18-15(17-9-12-2-1-5-16-8-12)7-11-3-4-13-14(6-11)20-10-19-13/h1-6,8H,7,9-10H2,(H,17,18). The first kappa shape index (κ1) is 12.5. The number of aromatic nitrogens is 1. The smallest absolute Gasteiger partial charge is 0.231 e. The first-order valence-electron chi connectivity index (χ1n) is 6.35. The number of ether oxygens (including phenoxy) is 2. The highest BCUT2D eigenvalue weighted by Crippen LogP contribution is 2.32. The van der Waals surface area contributed by atoms with Gasteiger partial charge in [-0.25, -0.2) is 0 Å². The Bertz CT molecular complexity index is 614. The van der Waals surface area contributed by atoms with Crippen LogP contribution < -0.4 is 14.8 Å². The maximum Gasteiger partial charge on any atom is 0.231 e. The van der Waals surface area contributed by atoms with E-state index < -0.39 is 0 Å². The quantitative estimate of drug-likeness (QED) is 0.918. The zero-order valence-electron chi connectivity index (χ0n) is 10.8. The van der Waals surface area contributed by atoms with Crippen LogP contribution >= 0.6 is 0 Å². The Morgan fingerprint density at radius 1 is 1.20 bits per heavy atom. The molecule has 2 aromatic rings. The summed E-state index contributed by atoms with van der Waals surface area (Å²) >= 11 is 0. The zero-order valence-corrected chi connectivity index (χ0v) is 10.8. The Hall–Kier alpha value is -2.56. The lowest BCUT2D eigenvalue weighted by molar-refractivity contribution is -0.120. The molecule has 0 atom stereocenters. The van der Waals surface area contributed by atoms with E-state index >= 15 is 0 Å². The van der Waals surface area contributed by atoms with Gasteiger partial charge in [0, 0.05) is 18.9 Å². The van der Waals surface area contributed by atoms with E-state index in [1.54, 1.807) is 12.4 Å². The second-order valence-corrected chi connectivity index (χ2v) is 4.50. The van der Waals surface area contributed by atoms with Gasteiger partial charge in [0.05, 0.1) is 6.42 Å². The summed E-state index contributed by atoms with van der Waals surface area (Å²) in [6.45, 7) is 0.725. The van der Waals surface area contributed by atoms with Gasteiger partial charge in [-0.1, -0.05) is 12.1 Å². The van der Waals surface area contributed by atoms with Crippen molar-refractivity contribution in [3.63, 3.8) is 0 Å². The number of carbonyl (C=O) groups is 1. The average Bonchev–Trinajstić information content (AvgIpc) is 2.94. The minimum Gasteiger partial charge on any atom is -0.454 e. The van der Waals surface area contributed by atoms with Gasteiger partial charge in [0.1, 0.15) is 0 Å². The van der Waals surface area contributed by atoms with Crippen LogP contribution in [0, 0.1) is 0 Å². The number of carbonyl (C=O) groups excluding carboxylic acids is 1. The number of nitrogens with one attached hydrogen (secondary N) is 1. The molecule has 5 nitrogen and oxygen atoms in total. The van der Waals surface area contributed by atoms with Crippen molar-refractivity contribution in [2.75, 3.05) is 6.79 Å². The first-order chi connectivity index (χ1) is 9.81. The molecule has 0 radical (unpaired) electrons. The van der Waals surface area contributed by atoms with E-state index in [2.05, 4.69) is 10.3 Å². The number of pyridine rings is 1. The van der Waals surface area contributed by atoms with Crippen LogP contribution in [-0.4, -0.2) is 17.7 Å². The average molecular weight is 270 g/mol. The third-order valence-corrected chi connectivity index (χ3v) is 3.01. The van der Waals surface area contributed by atoms with Crippen molar-refractivity contribution in [2.24, 2.45) is 0 Å². The topological polar surface area (TPSA) is 60.5 Å². The van der Waals surface area contributed by atoms with Crippen LogP contribution in [0.5, 0.6) is 11.5 Å². The SMILES string of the molecule is O=C(Cc1ccc2c(c1)OCO2)NCc1cccnc1. The van der Waals surface area contributed by atoms with Crippen molar-refractivity contribution in [3.8, 4) is 11.5 Å². The monoisotopic (exact) mass is 270 g/mol. The number of fused-ring (bicyclic) bond motifs is 1. The minimum atomic E-state index is -0.0345. The Kier molecular flexibility index (Phi) is 3.50. The van der Waals surface area contributed by atoms with E-state index in [1.807, 2.05) is 30.3 Å². The summed E-state index contributed by atoms with van der Waals surface area (Å²) in [5.41, 5.74) is 1.88.